The molecule has 0 aliphatic heterocycles. The molecular weight excluding hydrogens is 214 g/mol. The first-order chi connectivity index (χ1) is 7.88. The van der Waals surface area contributed by atoms with Crippen molar-refractivity contribution < 1.29 is 9.90 Å². The molecule has 3 nitrogen and oxygen atoms in total. The highest BCUT2D eigenvalue weighted by Crippen LogP contribution is 2.26. The van der Waals surface area contributed by atoms with Gasteiger partial charge in [0, 0.05) is 11.7 Å². The molecule has 1 aromatic carbocycles. The fraction of sp³-hybridized carbons (Fsp3) is 0.357. The van der Waals surface area contributed by atoms with Crippen LogP contribution in [0.2, 0.25) is 0 Å². The van der Waals surface area contributed by atoms with Gasteiger partial charge in [0.2, 0.25) is 0 Å². The maximum absolute atomic E-state index is 10.7. The maximum Gasteiger partial charge on any atom is 0.323 e. The Morgan fingerprint density at radius 1 is 1.29 bits per heavy atom. The number of hydrogen-bond acceptors (Lipinski definition) is 1. The van der Waals surface area contributed by atoms with E-state index in [-0.39, 0.29) is 12.0 Å². The number of carboxylic acids is 1. The minimum absolute atomic E-state index is 0.0123. The zero-order valence-corrected chi connectivity index (χ0v) is 10.4. The number of rotatable bonds is 2. The van der Waals surface area contributed by atoms with Crippen molar-refractivity contribution in [2.75, 3.05) is 0 Å². The third-order valence-electron chi connectivity index (χ3n) is 2.94. The van der Waals surface area contributed by atoms with Crippen LogP contribution in [0.25, 0.3) is 10.9 Å². The van der Waals surface area contributed by atoms with Gasteiger partial charge in [-0.15, -0.1) is 0 Å². The second kappa shape index (κ2) is 3.91. The van der Waals surface area contributed by atoms with Crippen LogP contribution >= 0.6 is 0 Å². The highest BCUT2D eigenvalue weighted by atomic mass is 16.4. The number of carboxylic acid groups (broad SMARTS) is 1. The average molecular weight is 231 g/mol. The second-order valence-corrected chi connectivity index (χ2v) is 5.36. The van der Waals surface area contributed by atoms with Crippen LogP contribution < -0.4 is 0 Å². The van der Waals surface area contributed by atoms with Crippen molar-refractivity contribution in [3.8, 4) is 0 Å². The predicted octanol–water partition coefficient (Wildman–Crippen LogP) is 3.02. The lowest BCUT2D eigenvalue weighted by molar-refractivity contribution is -0.137. The van der Waals surface area contributed by atoms with Gasteiger partial charge in [0.1, 0.15) is 6.54 Å². The zero-order chi connectivity index (χ0) is 12.6. The number of benzene rings is 1. The predicted molar refractivity (Wildman–Crippen MR) is 68.3 cm³/mol. The normalized spacial score (nSPS) is 11.9. The van der Waals surface area contributed by atoms with E-state index in [1.807, 2.05) is 18.3 Å². The summed E-state index contributed by atoms with van der Waals surface area (Å²) in [5.41, 5.74) is 2.35. The van der Waals surface area contributed by atoms with E-state index in [1.54, 1.807) is 4.57 Å². The molecule has 17 heavy (non-hydrogen) atoms. The molecule has 0 atom stereocenters. The highest BCUT2D eigenvalue weighted by molar-refractivity contribution is 5.82. The molecule has 0 amide bonds. The number of aliphatic carboxylic acids is 1. The van der Waals surface area contributed by atoms with E-state index in [1.165, 1.54) is 5.56 Å². The molecule has 0 bridgehead atoms. The van der Waals surface area contributed by atoms with E-state index in [2.05, 4.69) is 32.9 Å². The van der Waals surface area contributed by atoms with Gasteiger partial charge >= 0.3 is 5.97 Å². The molecule has 0 fully saturated rings. The van der Waals surface area contributed by atoms with E-state index in [4.69, 9.17) is 5.11 Å². The topological polar surface area (TPSA) is 42.2 Å². The van der Waals surface area contributed by atoms with Crippen molar-refractivity contribution >= 4 is 16.9 Å². The molecule has 3 heteroatoms. The Bertz CT molecular complexity index is 561. The summed E-state index contributed by atoms with van der Waals surface area (Å²) in [6.07, 6.45) is 1.82. The summed E-state index contributed by atoms with van der Waals surface area (Å²) in [5.74, 6) is -0.817. The first-order valence-corrected chi connectivity index (χ1v) is 5.69. The second-order valence-electron chi connectivity index (χ2n) is 5.36. The number of hydrogen-bond donors (Lipinski definition) is 1. The van der Waals surface area contributed by atoms with E-state index in [0.717, 1.165) is 10.9 Å². The molecule has 0 unspecified atom stereocenters. The Balaban J connectivity index is 2.48. The molecule has 90 valence electrons. The lowest BCUT2D eigenvalue weighted by Crippen LogP contribution is -2.11. The number of carbonyl (C=O) groups is 1. The standard InChI is InChI=1S/C14H17NO2/c1-14(2,3)11-4-5-12-10(8-11)6-7-15(12)9-13(16)17/h4-8H,9H2,1-3H3,(H,16,17). The van der Waals surface area contributed by atoms with Gasteiger partial charge in [-0.3, -0.25) is 4.79 Å². The smallest absolute Gasteiger partial charge is 0.323 e. The van der Waals surface area contributed by atoms with Crippen molar-refractivity contribution in [3.05, 3.63) is 36.0 Å². The van der Waals surface area contributed by atoms with Gasteiger partial charge in [-0.25, -0.2) is 0 Å². The molecule has 0 aliphatic carbocycles. The molecule has 1 heterocycles. The van der Waals surface area contributed by atoms with Crippen molar-refractivity contribution in [1.82, 2.24) is 4.57 Å². The largest absolute Gasteiger partial charge is 0.480 e. The van der Waals surface area contributed by atoms with E-state index < -0.39 is 5.97 Å². The summed E-state index contributed by atoms with van der Waals surface area (Å²) in [5, 5.41) is 9.90. The van der Waals surface area contributed by atoms with Gasteiger partial charge in [0.05, 0.1) is 0 Å². The molecular formula is C14H17NO2. The van der Waals surface area contributed by atoms with Crippen LogP contribution in [-0.4, -0.2) is 15.6 Å². The molecule has 2 rings (SSSR count). The van der Waals surface area contributed by atoms with Crippen LogP contribution in [0.5, 0.6) is 0 Å². The Morgan fingerprint density at radius 3 is 2.59 bits per heavy atom. The minimum Gasteiger partial charge on any atom is -0.480 e. The van der Waals surface area contributed by atoms with Crippen molar-refractivity contribution in [2.24, 2.45) is 0 Å². The number of nitrogens with zero attached hydrogens (tertiary/aromatic N) is 1. The first-order valence-electron chi connectivity index (χ1n) is 5.69. The summed E-state index contributed by atoms with van der Waals surface area (Å²) in [6, 6.07) is 8.17. The van der Waals surface area contributed by atoms with Crippen molar-refractivity contribution in [2.45, 2.75) is 32.7 Å². The number of aromatic nitrogens is 1. The van der Waals surface area contributed by atoms with Crippen LogP contribution in [0, 0.1) is 0 Å². The van der Waals surface area contributed by atoms with Crippen LogP contribution in [0.15, 0.2) is 30.5 Å². The lowest BCUT2D eigenvalue weighted by atomic mass is 9.86. The third kappa shape index (κ3) is 2.33. The Kier molecular flexibility index (Phi) is 2.69. The van der Waals surface area contributed by atoms with Crippen LogP contribution in [0.4, 0.5) is 0 Å². The van der Waals surface area contributed by atoms with E-state index in [9.17, 15) is 4.79 Å². The minimum atomic E-state index is -0.817. The van der Waals surface area contributed by atoms with Gasteiger partial charge in [-0.05, 0) is 34.6 Å². The van der Waals surface area contributed by atoms with E-state index in [0.29, 0.717) is 0 Å². The van der Waals surface area contributed by atoms with Crippen molar-refractivity contribution in [3.63, 3.8) is 0 Å². The Morgan fingerprint density at radius 2 is 2.00 bits per heavy atom. The summed E-state index contributed by atoms with van der Waals surface area (Å²) in [6.45, 7) is 6.52. The van der Waals surface area contributed by atoms with Gasteiger partial charge < -0.3 is 9.67 Å². The van der Waals surface area contributed by atoms with Gasteiger partial charge in [0.15, 0.2) is 0 Å². The molecule has 0 saturated heterocycles. The van der Waals surface area contributed by atoms with E-state index >= 15 is 0 Å². The van der Waals surface area contributed by atoms with Gasteiger partial charge in [-0.1, -0.05) is 26.8 Å². The fourth-order valence-corrected chi connectivity index (χ4v) is 1.95. The lowest BCUT2D eigenvalue weighted by Gasteiger charge is -2.19. The zero-order valence-electron chi connectivity index (χ0n) is 10.4. The maximum atomic E-state index is 10.7. The van der Waals surface area contributed by atoms with Crippen molar-refractivity contribution in [1.29, 1.82) is 0 Å². The molecule has 0 aliphatic rings. The average Bonchev–Trinajstić information content (AvgIpc) is 2.59. The molecule has 0 radical (unpaired) electrons. The fourth-order valence-electron chi connectivity index (χ4n) is 1.95. The molecule has 2 aromatic rings. The molecule has 0 saturated carbocycles. The van der Waals surface area contributed by atoms with Gasteiger partial charge in [-0.2, -0.15) is 0 Å². The Hall–Kier alpha value is -1.77. The summed E-state index contributed by atoms with van der Waals surface area (Å²) >= 11 is 0. The highest BCUT2D eigenvalue weighted by Gasteiger charge is 2.14. The van der Waals surface area contributed by atoms with Crippen LogP contribution in [-0.2, 0) is 16.8 Å². The monoisotopic (exact) mass is 231 g/mol. The van der Waals surface area contributed by atoms with Crippen LogP contribution in [0.1, 0.15) is 26.3 Å². The first kappa shape index (κ1) is 11.7. The molecule has 1 aromatic heterocycles. The SMILES string of the molecule is CC(C)(C)c1ccc2c(ccn2CC(=O)O)c1. The third-order valence-corrected chi connectivity index (χ3v) is 2.94. The molecule has 1 N–H and O–H groups in total. The quantitative estimate of drug-likeness (QED) is 0.863. The van der Waals surface area contributed by atoms with Crippen LogP contribution in [0.3, 0.4) is 0 Å². The summed E-state index contributed by atoms with van der Waals surface area (Å²) in [7, 11) is 0. The van der Waals surface area contributed by atoms with Gasteiger partial charge in [0.25, 0.3) is 0 Å². The summed E-state index contributed by atoms with van der Waals surface area (Å²) < 4.78 is 1.75. The summed E-state index contributed by atoms with van der Waals surface area (Å²) in [4.78, 5) is 10.7. The molecule has 0 spiro atoms. The Labute approximate surface area is 101 Å². The number of fused-ring (bicyclic) bond motifs is 1.